The van der Waals surface area contributed by atoms with Crippen LogP contribution >= 0.6 is 0 Å². The smallest absolute Gasteiger partial charge is 0.338 e. The third kappa shape index (κ3) is 2.77. The topological polar surface area (TPSA) is 66.4 Å². The quantitative estimate of drug-likeness (QED) is 0.802. The first-order chi connectivity index (χ1) is 7.04. The molecule has 0 radical (unpaired) electrons. The molecule has 1 aromatic carbocycles. The van der Waals surface area contributed by atoms with Crippen LogP contribution in [0.25, 0.3) is 0 Å². The predicted molar refractivity (Wildman–Crippen MR) is 52.3 cm³/mol. The lowest BCUT2D eigenvalue weighted by Gasteiger charge is -2.04. The number of aromatic carboxylic acids is 1. The number of carbonyl (C=O) groups is 2. The summed E-state index contributed by atoms with van der Waals surface area (Å²) in [6, 6.07) is 3.41. The van der Waals surface area contributed by atoms with E-state index in [1.54, 1.807) is 6.92 Å². The number of carboxylic acid groups (broad SMARTS) is 1. The summed E-state index contributed by atoms with van der Waals surface area (Å²) < 4.78 is 12.9. The van der Waals surface area contributed by atoms with Crippen LogP contribution in [0, 0.1) is 5.82 Å². The second-order valence-corrected chi connectivity index (χ2v) is 2.90. The van der Waals surface area contributed by atoms with Crippen molar-refractivity contribution in [3.8, 4) is 0 Å². The van der Waals surface area contributed by atoms with Gasteiger partial charge in [-0.3, -0.25) is 4.79 Å². The molecule has 0 aliphatic carbocycles. The fraction of sp³-hybridized carbons (Fsp3) is 0.200. The molecule has 0 fully saturated rings. The number of halogens is 1. The second kappa shape index (κ2) is 4.54. The Kier molecular flexibility index (Phi) is 3.38. The van der Waals surface area contributed by atoms with Gasteiger partial charge in [-0.05, 0) is 18.2 Å². The maximum atomic E-state index is 12.9. The zero-order valence-corrected chi connectivity index (χ0v) is 8.08. The maximum absolute atomic E-state index is 12.9. The van der Waals surface area contributed by atoms with Crippen LogP contribution in [0.5, 0.6) is 0 Å². The van der Waals surface area contributed by atoms with Crippen molar-refractivity contribution in [3.05, 3.63) is 29.6 Å². The monoisotopic (exact) mass is 211 g/mol. The van der Waals surface area contributed by atoms with Gasteiger partial charge in [0.1, 0.15) is 5.82 Å². The van der Waals surface area contributed by atoms with E-state index in [2.05, 4.69) is 5.32 Å². The second-order valence-electron chi connectivity index (χ2n) is 2.90. The summed E-state index contributed by atoms with van der Waals surface area (Å²) in [5.74, 6) is -2.44. The van der Waals surface area contributed by atoms with Crippen molar-refractivity contribution in [1.82, 2.24) is 0 Å². The van der Waals surface area contributed by atoms with E-state index in [-0.39, 0.29) is 18.0 Å². The molecule has 0 atom stereocenters. The SMILES string of the molecule is CCC(=O)Nc1ccc(F)c(C(=O)O)c1. The molecule has 0 aliphatic rings. The molecule has 0 unspecified atom stereocenters. The Bertz CT molecular complexity index is 404. The van der Waals surface area contributed by atoms with Crippen molar-refractivity contribution < 1.29 is 19.1 Å². The Balaban J connectivity index is 2.97. The summed E-state index contributed by atoms with van der Waals surface area (Å²) in [4.78, 5) is 21.6. The number of carboxylic acids is 1. The first-order valence-electron chi connectivity index (χ1n) is 4.37. The van der Waals surface area contributed by atoms with E-state index in [4.69, 9.17) is 5.11 Å². The Hall–Kier alpha value is -1.91. The van der Waals surface area contributed by atoms with Gasteiger partial charge in [-0.1, -0.05) is 6.92 Å². The minimum atomic E-state index is -1.36. The first-order valence-corrected chi connectivity index (χ1v) is 4.37. The van der Waals surface area contributed by atoms with Crippen molar-refractivity contribution >= 4 is 17.6 Å². The lowest BCUT2D eigenvalue weighted by molar-refractivity contribution is -0.115. The third-order valence-electron chi connectivity index (χ3n) is 1.80. The summed E-state index contributed by atoms with van der Waals surface area (Å²) >= 11 is 0. The van der Waals surface area contributed by atoms with Crippen molar-refractivity contribution in [2.75, 3.05) is 5.32 Å². The van der Waals surface area contributed by atoms with Gasteiger partial charge in [-0.15, -0.1) is 0 Å². The summed E-state index contributed by atoms with van der Waals surface area (Å²) in [5.41, 5.74) is -0.176. The molecule has 0 saturated heterocycles. The van der Waals surface area contributed by atoms with Crippen molar-refractivity contribution in [1.29, 1.82) is 0 Å². The van der Waals surface area contributed by atoms with Gasteiger partial charge in [0, 0.05) is 12.1 Å². The van der Waals surface area contributed by atoms with E-state index in [1.165, 1.54) is 6.07 Å². The van der Waals surface area contributed by atoms with Crippen LogP contribution in [0.2, 0.25) is 0 Å². The first kappa shape index (κ1) is 11.2. The number of rotatable bonds is 3. The molecule has 5 heteroatoms. The molecule has 4 nitrogen and oxygen atoms in total. The number of benzene rings is 1. The summed E-state index contributed by atoms with van der Waals surface area (Å²) in [6.07, 6.45) is 0.278. The molecule has 0 spiro atoms. The molecule has 80 valence electrons. The Labute approximate surface area is 85.7 Å². The molecule has 15 heavy (non-hydrogen) atoms. The van der Waals surface area contributed by atoms with Crippen LogP contribution in [0.1, 0.15) is 23.7 Å². The van der Waals surface area contributed by atoms with Gasteiger partial charge in [-0.25, -0.2) is 9.18 Å². The number of amides is 1. The molecule has 0 heterocycles. The van der Waals surface area contributed by atoms with Crippen LogP contribution < -0.4 is 5.32 Å². The zero-order chi connectivity index (χ0) is 11.4. The molecular weight excluding hydrogens is 201 g/mol. The van der Waals surface area contributed by atoms with E-state index >= 15 is 0 Å². The predicted octanol–water partition coefficient (Wildman–Crippen LogP) is 1.87. The van der Waals surface area contributed by atoms with Gasteiger partial charge < -0.3 is 10.4 Å². The average molecular weight is 211 g/mol. The Morgan fingerprint density at radius 1 is 1.47 bits per heavy atom. The highest BCUT2D eigenvalue weighted by Gasteiger charge is 2.11. The minimum absolute atomic E-state index is 0.252. The van der Waals surface area contributed by atoms with Crippen molar-refractivity contribution in [2.24, 2.45) is 0 Å². The maximum Gasteiger partial charge on any atom is 0.338 e. The van der Waals surface area contributed by atoms with Gasteiger partial charge in [0.15, 0.2) is 0 Å². The molecule has 1 aromatic rings. The highest BCUT2D eigenvalue weighted by Crippen LogP contribution is 2.14. The van der Waals surface area contributed by atoms with Crippen molar-refractivity contribution in [2.45, 2.75) is 13.3 Å². The van der Waals surface area contributed by atoms with Gasteiger partial charge in [0.05, 0.1) is 5.56 Å². The lowest BCUT2D eigenvalue weighted by atomic mass is 10.2. The molecule has 0 bridgehead atoms. The number of anilines is 1. The van der Waals surface area contributed by atoms with E-state index in [0.717, 1.165) is 12.1 Å². The average Bonchev–Trinajstić information content (AvgIpc) is 2.20. The van der Waals surface area contributed by atoms with Crippen LogP contribution in [0.15, 0.2) is 18.2 Å². The Morgan fingerprint density at radius 2 is 2.13 bits per heavy atom. The third-order valence-corrected chi connectivity index (χ3v) is 1.80. The minimum Gasteiger partial charge on any atom is -0.478 e. The molecule has 0 aliphatic heterocycles. The number of hydrogen-bond acceptors (Lipinski definition) is 2. The van der Waals surface area contributed by atoms with Crippen molar-refractivity contribution in [3.63, 3.8) is 0 Å². The normalized spacial score (nSPS) is 9.73. The number of hydrogen-bond donors (Lipinski definition) is 2. The van der Waals surface area contributed by atoms with Crippen LogP contribution in [-0.2, 0) is 4.79 Å². The number of carbonyl (C=O) groups excluding carboxylic acids is 1. The fourth-order valence-electron chi connectivity index (χ4n) is 1.02. The van der Waals surface area contributed by atoms with E-state index in [9.17, 15) is 14.0 Å². The fourth-order valence-corrected chi connectivity index (χ4v) is 1.02. The van der Waals surface area contributed by atoms with Gasteiger partial charge >= 0.3 is 5.97 Å². The standard InChI is InChI=1S/C10H10FNO3/c1-2-9(13)12-6-3-4-8(11)7(5-6)10(14)15/h3-5H,2H2,1H3,(H,12,13)(H,14,15). The molecule has 2 N–H and O–H groups in total. The van der Waals surface area contributed by atoms with Crippen LogP contribution in [0.3, 0.4) is 0 Å². The molecular formula is C10H10FNO3. The summed E-state index contributed by atoms with van der Waals surface area (Å²) in [5, 5.41) is 11.1. The van der Waals surface area contributed by atoms with Crippen LogP contribution in [-0.4, -0.2) is 17.0 Å². The summed E-state index contributed by atoms with van der Waals surface area (Å²) in [6.45, 7) is 1.66. The van der Waals surface area contributed by atoms with E-state index < -0.39 is 17.3 Å². The molecule has 1 rings (SSSR count). The highest BCUT2D eigenvalue weighted by atomic mass is 19.1. The largest absolute Gasteiger partial charge is 0.478 e. The molecule has 0 saturated carbocycles. The summed E-state index contributed by atoms with van der Waals surface area (Å²) in [7, 11) is 0. The molecule has 1 amide bonds. The van der Waals surface area contributed by atoms with Gasteiger partial charge in [-0.2, -0.15) is 0 Å². The van der Waals surface area contributed by atoms with Gasteiger partial charge in [0.2, 0.25) is 5.91 Å². The molecule has 0 aromatic heterocycles. The van der Waals surface area contributed by atoms with E-state index in [0.29, 0.717) is 0 Å². The van der Waals surface area contributed by atoms with E-state index in [1.807, 2.05) is 0 Å². The van der Waals surface area contributed by atoms with Crippen LogP contribution in [0.4, 0.5) is 10.1 Å². The number of nitrogens with one attached hydrogen (secondary N) is 1. The Morgan fingerprint density at radius 3 is 2.67 bits per heavy atom. The lowest BCUT2D eigenvalue weighted by Crippen LogP contribution is -2.10. The zero-order valence-electron chi connectivity index (χ0n) is 8.08. The highest BCUT2D eigenvalue weighted by molar-refractivity contribution is 5.93. The van der Waals surface area contributed by atoms with Gasteiger partial charge in [0.25, 0.3) is 0 Å².